The van der Waals surface area contributed by atoms with Gasteiger partial charge in [-0.15, -0.1) is 0 Å². The number of aromatic hydroxyl groups is 1. The number of aromatic nitrogens is 3. The molecule has 1 N–H and O–H groups in total. The summed E-state index contributed by atoms with van der Waals surface area (Å²) in [5, 5.41) is 14.3. The first-order chi connectivity index (χ1) is 24.2. The van der Waals surface area contributed by atoms with Gasteiger partial charge in [-0.1, -0.05) is 24.3 Å². The van der Waals surface area contributed by atoms with Crippen LogP contribution in [0.4, 0.5) is 15.8 Å². The second kappa shape index (κ2) is 13.9. The molecule has 1 fully saturated rings. The zero-order valence-corrected chi connectivity index (χ0v) is 28.6. The number of phenolic OH excluding ortho intramolecular Hbond substituents is 1. The van der Waals surface area contributed by atoms with Gasteiger partial charge in [-0.2, -0.15) is 5.10 Å². The summed E-state index contributed by atoms with van der Waals surface area (Å²) < 4.78 is 24.4. The fourth-order valence-corrected chi connectivity index (χ4v) is 7.09. The molecule has 7 rings (SSSR count). The first-order valence-electron chi connectivity index (χ1n) is 17.0. The van der Waals surface area contributed by atoms with Crippen molar-refractivity contribution in [2.45, 2.75) is 39.4 Å². The third-order valence-electron chi connectivity index (χ3n) is 9.86. The van der Waals surface area contributed by atoms with Crippen molar-refractivity contribution in [3.8, 4) is 17.0 Å². The Morgan fingerprint density at radius 1 is 0.960 bits per heavy atom. The Bertz CT molecular complexity index is 2030. The number of hydrogen-bond acceptors (Lipinski definition) is 6. The topological polar surface area (TPSA) is 96.1 Å². The van der Waals surface area contributed by atoms with Gasteiger partial charge in [0.15, 0.2) is 0 Å². The highest BCUT2D eigenvalue weighted by atomic mass is 19.1. The molecule has 2 aliphatic heterocycles. The van der Waals surface area contributed by atoms with Crippen molar-refractivity contribution in [3.05, 3.63) is 119 Å². The quantitative estimate of drug-likeness (QED) is 0.219. The third-order valence-corrected chi connectivity index (χ3v) is 9.86. The molecular formula is C39H41FN6O4. The summed E-state index contributed by atoms with van der Waals surface area (Å²) in [6.45, 7) is 8.45. The average Bonchev–Trinajstić information content (AvgIpc) is 3.70. The van der Waals surface area contributed by atoms with E-state index in [1.165, 1.54) is 29.8 Å². The molecular weight excluding hydrogens is 635 g/mol. The van der Waals surface area contributed by atoms with Gasteiger partial charge in [-0.25, -0.2) is 4.39 Å². The number of carbonyl (C=O) groups is 2. The van der Waals surface area contributed by atoms with Crippen LogP contribution >= 0.6 is 0 Å². The minimum Gasteiger partial charge on any atom is -0.508 e. The summed E-state index contributed by atoms with van der Waals surface area (Å²) in [4.78, 5) is 34.8. The number of aryl methyl sites for hydroxylation is 1. The number of rotatable bonds is 8. The van der Waals surface area contributed by atoms with Gasteiger partial charge in [0.1, 0.15) is 11.6 Å². The zero-order valence-electron chi connectivity index (χ0n) is 28.6. The van der Waals surface area contributed by atoms with Crippen molar-refractivity contribution < 1.29 is 23.8 Å². The lowest BCUT2D eigenvalue weighted by molar-refractivity contribution is 0.0364. The van der Waals surface area contributed by atoms with Crippen molar-refractivity contribution in [2.75, 3.05) is 37.7 Å². The van der Waals surface area contributed by atoms with Crippen LogP contribution < -0.4 is 4.90 Å². The van der Waals surface area contributed by atoms with Gasteiger partial charge < -0.3 is 19.3 Å². The molecule has 2 amide bonds. The summed E-state index contributed by atoms with van der Waals surface area (Å²) in [6.07, 6.45) is 4.09. The van der Waals surface area contributed by atoms with Gasteiger partial charge in [0.25, 0.3) is 11.8 Å². The van der Waals surface area contributed by atoms with E-state index in [0.717, 1.165) is 25.1 Å². The summed E-state index contributed by atoms with van der Waals surface area (Å²) in [7, 11) is 1.78. The van der Waals surface area contributed by atoms with E-state index in [9.17, 15) is 14.7 Å². The highest BCUT2D eigenvalue weighted by Gasteiger charge is 2.32. The maximum Gasteiger partial charge on any atom is 0.264 e. The van der Waals surface area contributed by atoms with E-state index < -0.39 is 5.82 Å². The summed E-state index contributed by atoms with van der Waals surface area (Å²) in [5.41, 5.74) is 5.91. The summed E-state index contributed by atoms with van der Waals surface area (Å²) >= 11 is 0. The molecule has 11 heteroatoms. The maximum absolute atomic E-state index is 15.2. The number of morpholine rings is 1. The summed E-state index contributed by atoms with van der Waals surface area (Å²) in [6, 6.07) is 20.6. The van der Waals surface area contributed by atoms with E-state index in [4.69, 9.17) is 4.74 Å². The van der Waals surface area contributed by atoms with Gasteiger partial charge in [-0.3, -0.25) is 24.1 Å². The molecule has 258 valence electrons. The van der Waals surface area contributed by atoms with Crippen LogP contribution in [-0.2, 0) is 31.3 Å². The highest BCUT2D eigenvalue weighted by Crippen LogP contribution is 2.35. The molecule has 4 heterocycles. The number of carbonyl (C=O) groups excluding carboxylic acids is 2. The van der Waals surface area contributed by atoms with E-state index in [0.29, 0.717) is 72.3 Å². The minimum atomic E-state index is -0.471. The molecule has 2 aliphatic rings. The van der Waals surface area contributed by atoms with Gasteiger partial charge in [0.05, 0.1) is 30.7 Å². The van der Waals surface area contributed by atoms with E-state index in [2.05, 4.69) is 16.1 Å². The minimum absolute atomic E-state index is 0.0550. The third kappa shape index (κ3) is 6.54. The molecule has 1 saturated heterocycles. The Labute approximate surface area is 290 Å². The molecule has 0 spiro atoms. The number of benzene rings is 3. The van der Waals surface area contributed by atoms with E-state index in [1.807, 2.05) is 41.5 Å². The zero-order chi connectivity index (χ0) is 34.9. The van der Waals surface area contributed by atoms with Crippen molar-refractivity contribution in [3.63, 3.8) is 0 Å². The number of fused-ring (bicyclic) bond motifs is 1. The summed E-state index contributed by atoms with van der Waals surface area (Å²) in [5.74, 6) is -0.899. The van der Waals surface area contributed by atoms with Crippen LogP contribution in [0.15, 0.2) is 85.2 Å². The standard InChI is InChI=1S/C39H41FN6O4/c1-26-20-28-6-4-5-7-29(28)24-45(26)38(48)34-13-8-30(40)21-36(34)37-22-35(27(2)44(37)15-14-43-16-18-50-19-17-43)39(49)46(32-23-41-42(3)25-32)31-9-11-33(47)12-10-31/h4-13,21-23,25-26,47H,14-20,24H2,1-3H3/t26-/m1/s1. The van der Waals surface area contributed by atoms with Crippen LogP contribution in [-0.4, -0.2) is 80.0 Å². The molecule has 0 saturated carbocycles. The highest BCUT2D eigenvalue weighted by molar-refractivity contribution is 6.12. The molecule has 0 bridgehead atoms. The fraction of sp³-hybridized carbons (Fsp3) is 0.308. The number of ether oxygens (including phenoxy) is 1. The van der Waals surface area contributed by atoms with E-state index in [-0.39, 0.29) is 23.6 Å². The molecule has 0 aliphatic carbocycles. The monoisotopic (exact) mass is 676 g/mol. The number of phenols is 1. The number of halogens is 1. The Morgan fingerprint density at radius 2 is 1.70 bits per heavy atom. The Morgan fingerprint density at radius 3 is 2.42 bits per heavy atom. The van der Waals surface area contributed by atoms with Crippen molar-refractivity contribution in [2.24, 2.45) is 7.05 Å². The van der Waals surface area contributed by atoms with Crippen molar-refractivity contribution in [1.82, 2.24) is 24.1 Å². The van der Waals surface area contributed by atoms with Gasteiger partial charge >= 0.3 is 0 Å². The number of amides is 2. The SMILES string of the molecule is Cc1c(C(=O)N(c2ccc(O)cc2)c2cnn(C)c2)cc(-c2cc(F)ccc2C(=O)N2Cc3ccccc3C[C@H]2C)n1CCN1CCOCC1. The lowest BCUT2D eigenvalue weighted by Gasteiger charge is -2.35. The van der Waals surface area contributed by atoms with Crippen LogP contribution in [0.3, 0.4) is 0 Å². The molecule has 50 heavy (non-hydrogen) atoms. The Hall–Kier alpha value is -5.26. The van der Waals surface area contributed by atoms with Gasteiger partial charge in [0, 0.05) is 80.2 Å². The second-order valence-corrected chi connectivity index (χ2v) is 13.1. The normalized spacial score (nSPS) is 16.3. The van der Waals surface area contributed by atoms with Crippen LogP contribution in [0.2, 0.25) is 0 Å². The van der Waals surface area contributed by atoms with Gasteiger partial charge in [-0.05, 0) is 79.9 Å². The van der Waals surface area contributed by atoms with Crippen LogP contribution in [0.5, 0.6) is 5.75 Å². The van der Waals surface area contributed by atoms with E-state index in [1.54, 1.807) is 53.3 Å². The second-order valence-electron chi connectivity index (χ2n) is 13.1. The molecule has 2 aromatic heterocycles. The average molecular weight is 677 g/mol. The molecule has 10 nitrogen and oxygen atoms in total. The first-order valence-corrected chi connectivity index (χ1v) is 17.0. The van der Waals surface area contributed by atoms with Gasteiger partial charge in [0.2, 0.25) is 0 Å². The lowest BCUT2D eigenvalue weighted by Crippen LogP contribution is -2.42. The van der Waals surface area contributed by atoms with Crippen molar-refractivity contribution >= 4 is 23.2 Å². The van der Waals surface area contributed by atoms with Crippen molar-refractivity contribution in [1.29, 1.82) is 0 Å². The van der Waals surface area contributed by atoms with Crippen LogP contribution in [0, 0.1) is 12.7 Å². The maximum atomic E-state index is 15.2. The predicted molar refractivity (Wildman–Crippen MR) is 189 cm³/mol. The molecule has 3 aromatic carbocycles. The predicted octanol–water partition coefficient (Wildman–Crippen LogP) is 5.94. The Kier molecular flexibility index (Phi) is 9.26. The molecule has 1 atom stereocenters. The number of hydrogen-bond donors (Lipinski definition) is 1. The molecule has 0 radical (unpaired) electrons. The molecule has 0 unspecified atom stereocenters. The smallest absolute Gasteiger partial charge is 0.264 e. The Balaban J connectivity index is 1.33. The molecule has 5 aromatic rings. The largest absolute Gasteiger partial charge is 0.508 e. The first kappa shape index (κ1) is 33.2. The number of anilines is 2. The fourth-order valence-electron chi connectivity index (χ4n) is 7.09. The van der Waals surface area contributed by atoms with E-state index >= 15 is 4.39 Å². The van der Waals surface area contributed by atoms with Crippen LogP contribution in [0.1, 0.15) is 44.5 Å². The number of nitrogens with zero attached hydrogens (tertiary/aromatic N) is 6. The van der Waals surface area contributed by atoms with Crippen LogP contribution in [0.25, 0.3) is 11.3 Å². The lowest BCUT2D eigenvalue weighted by atomic mass is 9.93.